The first kappa shape index (κ1) is 14.7. The molecule has 0 aliphatic carbocycles. The molecular weight excluding hydrogens is 268 g/mol. The van der Waals surface area contributed by atoms with Gasteiger partial charge in [0.15, 0.2) is 0 Å². The van der Waals surface area contributed by atoms with Crippen molar-refractivity contribution in [1.82, 2.24) is 4.98 Å². The molecule has 1 aromatic heterocycles. The predicted molar refractivity (Wildman–Crippen MR) is 78.9 cm³/mol. The third-order valence-corrected chi connectivity index (χ3v) is 3.30. The number of aryl methyl sites for hydroxylation is 1. The summed E-state index contributed by atoms with van der Waals surface area (Å²) in [4.78, 5) is 14.7. The van der Waals surface area contributed by atoms with E-state index in [0.717, 1.165) is 5.56 Å². The molecule has 108 valence electrons. The van der Waals surface area contributed by atoms with E-state index in [-0.39, 0.29) is 5.56 Å². The van der Waals surface area contributed by atoms with Crippen LogP contribution in [-0.4, -0.2) is 19.2 Å². The molecule has 0 atom stereocenters. The van der Waals surface area contributed by atoms with E-state index in [2.05, 4.69) is 11.1 Å². The highest BCUT2D eigenvalue weighted by Gasteiger charge is 2.11. The quantitative estimate of drug-likeness (QED) is 0.933. The van der Waals surface area contributed by atoms with Crippen LogP contribution in [0.2, 0.25) is 0 Å². The number of benzene rings is 1. The van der Waals surface area contributed by atoms with Gasteiger partial charge in [-0.3, -0.25) is 4.79 Å². The molecule has 0 bridgehead atoms. The lowest BCUT2D eigenvalue weighted by Crippen LogP contribution is -2.15. The van der Waals surface area contributed by atoms with Crippen LogP contribution in [0.1, 0.15) is 22.4 Å². The van der Waals surface area contributed by atoms with Crippen LogP contribution in [0.3, 0.4) is 0 Å². The smallest absolute Gasteiger partial charge is 0.251 e. The van der Waals surface area contributed by atoms with Crippen molar-refractivity contribution >= 4 is 0 Å². The minimum Gasteiger partial charge on any atom is -0.497 e. The van der Waals surface area contributed by atoms with Gasteiger partial charge in [-0.1, -0.05) is 0 Å². The van der Waals surface area contributed by atoms with Crippen molar-refractivity contribution in [1.29, 1.82) is 5.26 Å². The van der Waals surface area contributed by atoms with Gasteiger partial charge < -0.3 is 14.5 Å². The molecule has 1 aromatic carbocycles. The fraction of sp³-hybridized carbons (Fsp3) is 0.250. The average Bonchev–Trinajstić information content (AvgIpc) is 2.49. The van der Waals surface area contributed by atoms with E-state index in [4.69, 9.17) is 14.7 Å². The summed E-state index contributed by atoms with van der Waals surface area (Å²) >= 11 is 0. The SMILES string of the molecule is COc1ccc(OC)c(Cc2cc(C#N)c(C)[nH]c2=O)c1. The Kier molecular flexibility index (Phi) is 4.29. The maximum atomic E-state index is 12.0. The molecule has 1 heterocycles. The molecular formula is C16H16N2O3. The number of aromatic nitrogens is 1. The molecule has 0 fully saturated rings. The van der Waals surface area contributed by atoms with E-state index in [9.17, 15) is 4.79 Å². The molecule has 0 aliphatic heterocycles. The highest BCUT2D eigenvalue weighted by Crippen LogP contribution is 2.25. The molecule has 0 saturated heterocycles. The van der Waals surface area contributed by atoms with E-state index < -0.39 is 0 Å². The summed E-state index contributed by atoms with van der Waals surface area (Å²) in [5.41, 5.74) is 2.19. The number of aromatic amines is 1. The Bertz CT molecular complexity index is 757. The highest BCUT2D eigenvalue weighted by atomic mass is 16.5. The van der Waals surface area contributed by atoms with Crippen LogP contribution in [-0.2, 0) is 6.42 Å². The standard InChI is InChI=1S/C16H16N2O3/c1-10-13(9-17)7-12(16(19)18-10)6-11-8-14(20-2)4-5-15(11)21-3/h4-5,7-8H,6H2,1-3H3,(H,18,19). The average molecular weight is 284 g/mol. The largest absolute Gasteiger partial charge is 0.497 e. The van der Waals surface area contributed by atoms with Gasteiger partial charge in [-0.15, -0.1) is 0 Å². The Balaban J connectivity index is 2.47. The summed E-state index contributed by atoms with van der Waals surface area (Å²) in [6.45, 7) is 1.70. The Morgan fingerprint density at radius 2 is 1.95 bits per heavy atom. The number of nitriles is 1. The Morgan fingerprint density at radius 1 is 1.19 bits per heavy atom. The summed E-state index contributed by atoms with van der Waals surface area (Å²) in [6, 6.07) is 9.10. The normalized spacial score (nSPS) is 10.0. The zero-order valence-electron chi connectivity index (χ0n) is 12.2. The van der Waals surface area contributed by atoms with Crippen LogP contribution in [0.5, 0.6) is 11.5 Å². The van der Waals surface area contributed by atoms with Gasteiger partial charge in [0.1, 0.15) is 17.6 Å². The van der Waals surface area contributed by atoms with Gasteiger partial charge in [0.2, 0.25) is 0 Å². The summed E-state index contributed by atoms with van der Waals surface area (Å²) in [6.07, 6.45) is 0.366. The van der Waals surface area contributed by atoms with Crippen molar-refractivity contribution in [2.45, 2.75) is 13.3 Å². The van der Waals surface area contributed by atoms with Crippen molar-refractivity contribution in [2.75, 3.05) is 14.2 Å². The van der Waals surface area contributed by atoms with E-state index in [1.807, 2.05) is 6.07 Å². The summed E-state index contributed by atoms with van der Waals surface area (Å²) in [7, 11) is 3.16. The maximum absolute atomic E-state index is 12.0. The fourth-order valence-corrected chi connectivity index (χ4v) is 2.14. The second kappa shape index (κ2) is 6.14. The number of hydrogen-bond acceptors (Lipinski definition) is 4. The molecule has 0 saturated carbocycles. The monoisotopic (exact) mass is 284 g/mol. The second-order valence-electron chi connectivity index (χ2n) is 4.63. The number of rotatable bonds is 4. The van der Waals surface area contributed by atoms with Crippen molar-refractivity contribution in [3.63, 3.8) is 0 Å². The molecule has 0 radical (unpaired) electrons. The third kappa shape index (κ3) is 3.06. The third-order valence-electron chi connectivity index (χ3n) is 3.30. The minimum atomic E-state index is -0.198. The molecule has 2 rings (SSSR count). The lowest BCUT2D eigenvalue weighted by molar-refractivity contribution is 0.399. The van der Waals surface area contributed by atoms with Crippen molar-refractivity contribution in [3.05, 3.63) is 57.0 Å². The molecule has 0 spiro atoms. The van der Waals surface area contributed by atoms with Gasteiger partial charge in [0, 0.05) is 23.2 Å². The van der Waals surface area contributed by atoms with Crippen LogP contribution in [0.25, 0.3) is 0 Å². The minimum absolute atomic E-state index is 0.198. The van der Waals surface area contributed by atoms with Gasteiger partial charge in [0.25, 0.3) is 5.56 Å². The topological polar surface area (TPSA) is 75.1 Å². The zero-order valence-corrected chi connectivity index (χ0v) is 12.2. The Hall–Kier alpha value is -2.74. The lowest BCUT2D eigenvalue weighted by atomic mass is 10.0. The lowest BCUT2D eigenvalue weighted by Gasteiger charge is -2.10. The van der Waals surface area contributed by atoms with E-state index in [1.165, 1.54) is 0 Å². The molecule has 0 amide bonds. The first-order valence-corrected chi connectivity index (χ1v) is 6.42. The summed E-state index contributed by atoms with van der Waals surface area (Å²) in [5.74, 6) is 1.36. The van der Waals surface area contributed by atoms with E-state index in [0.29, 0.717) is 34.7 Å². The molecule has 1 N–H and O–H groups in total. The molecule has 5 nitrogen and oxygen atoms in total. The van der Waals surface area contributed by atoms with Crippen LogP contribution < -0.4 is 15.0 Å². The van der Waals surface area contributed by atoms with Crippen molar-refractivity contribution in [2.24, 2.45) is 0 Å². The number of pyridine rings is 1. The first-order chi connectivity index (χ1) is 10.1. The van der Waals surface area contributed by atoms with Crippen LogP contribution in [0, 0.1) is 18.3 Å². The van der Waals surface area contributed by atoms with Gasteiger partial charge >= 0.3 is 0 Å². The maximum Gasteiger partial charge on any atom is 0.251 e. The van der Waals surface area contributed by atoms with E-state index >= 15 is 0 Å². The van der Waals surface area contributed by atoms with Crippen molar-refractivity contribution < 1.29 is 9.47 Å². The van der Waals surface area contributed by atoms with E-state index in [1.54, 1.807) is 39.3 Å². The number of nitrogens with one attached hydrogen (secondary N) is 1. The van der Waals surface area contributed by atoms with Gasteiger partial charge in [-0.25, -0.2) is 0 Å². The number of nitrogens with zero attached hydrogens (tertiary/aromatic N) is 1. The zero-order chi connectivity index (χ0) is 15.4. The second-order valence-corrected chi connectivity index (χ2v) is 4.63. The number of methoxy groups -OCH3 is 2. The fourth-order valence-electron chi connectivity index (χ4n) is 2.14. The van der Waals surface area contributed by atoms with Gasteiger partial charge in [0.05, 0.1) is 19.8 Å². The number of H-pyrrole nitrogens is 1. The predicted octanol–water partition coefficient (Wildman–Crippen LogP) is 2.16. The van der Waals surface area contributed by atoms with Crippen LogP contribution in [0.4, 0.5) is 0 Å². The van der Waals surface area contributed by atoms with Gasteiger partial charge in [-0.05, 0) is 31.2 Å². The summed E-state index contributed by atoms with van der Waals surface area (Å²) in [5, 5.41) is 9.07. The summed E-state index contributed by atoms with van der Waals surface area (Å²) < 4.78 is 10.5. The highest BCUT2D eigenvalue weighted by molar-refractivity contribution is 5.44. The number of ether oxygens (including phenoxy) is 2. The van der Waals surface area contributed by atoms with Gasteiger partial charge in [-0.2, -0.15) is 5.26 Å². The number of hydrogen-bond donors (Lipinski definition) is 1. The van der Waals surface area contributed by atoms with Crippen molar-refractivity contribution in [3.8, 4) is 17.6 Å². The molecule has 21 heavy (non-hydrogen) atoms. The Labute approximate surface area is 122 Å². The van der Waals surface area contributed by atoms with Crippen LogP contribution >= 0.6 is 0 Å². The molecule has 0 aliphatic rings. The molecule has 5 heteroatoms. The molecule has 2 aromatic rings. The van der Waals surface area contributed by atoms with Crippen LogP contribution in [0.15, 0.2) is 29.1 Å². The first-order valence-electron chi connectivity index (χ1n) is 6.42. The Morgan fingerprint density at radius 3 is 2.57 bits per heavy atom. The molecule has 0 unspecified atom stereocenters.